The lowest BCUT2D eigenvalue weighted by Crippen LogP contribution is -2.51. The van der Waals surface area contributed by atoms with E-state index in [1.165, 1.54) is 0 Å². The molecule has 0 radical (unpaired) electrons. The zero-order valence-corrected chi connectivity index (χ0v) is 17.1. The predicted molar refractivity (Wildman–Crippen MR) is 118 cm³/mol. The fourth-order valence-corrected chi connectivity index (χ4v) is 4.14. The zero-order valence-electron chi connectivity index (χ0n) is 17.1. The second-order valence-corrected chi connectivity index (χ2v) is 7.91. The molecule has 2 atom stereocenters. The van der Waals surface area contributed by atoms with E-state index >= 15 is 0 Å². The third-order valence-electron chi connectivity index (χ3n) is 5.81. The maximum absolute atomic E-state index is 12.7. The van der Waals surface area contributed by atoms with E-state index in [-0.39, 0.29) is 18.6 Å². The molecule has 2 aromatic heterocycles. The number of fused-ring (bicyclic) bond motifs is 2. The van der Waals surface area contributed by atoms with Crippen LogP contribution in [0, 0.1) is 0 Å². The Morgan fingerprint density at radius 3 is 2.97 bits per heavy atom. The van der Waals surface area contributed by atoms with Crippen LogP contribution in [0.5, 0.6) is 5.75 Å². The molecule has 3 heterocycles. The van der Waals surface area contributed by atoms with Gasteiger partial charge in [0.1, 0.15) is 23.8 Å². The highest BCUT2D eigenvalue weighted by atomic mass is 16.5. The Labute approximate surface area is 179 Å². The number of aryl methyl sites for hydroxylation is 1. The van der Waals surface area contributed by atoms with E-state index in [1.807, 2.05) is 48.5 Å². The Morgan fingerprint density at radius 1 is 1.19 bits per heavy atom. The highest BCUT2D eigenvalue weighted by Gasteiger charge is 2.31. The fraction of sp³-hybridized carbons (Fsp3) is 0.292. The second kappa shape index (κ2) is 8.35. The van der Waals surface area contributed by atoms with Gasteiger partial charge >= 0.3 is 0 Å². The molecule has 7 heteroatoms. The topological polar surface area (TPSA) is 91.3 Å². The van der Waals surface area contributed by atoms with E-state index < -0.39 is 6.10 Å². The minimum Gasteiger partial charge on any atom is -0.487 e. The molecule has 0 aliphatic carbocycles. The Morgan fingerprint density at radius 2 is 2.10 bits per heavy atom. The fourth-order valence-electron chi connectivity index (χ4n) is 4.14. The van der Waals surface area contributed by atoms with Gasteiger partial charge in [0.25, 0.3) is 0 Å². The number of imidazole rings is 1. The van der Waals surface area contributed by atoms with Gasteiger partial charge in [-0.15, -0.1) is 0 Å². The van der Waals surface area contributed by atoms with Crippen LogP contribution in [0.4, 0.5) is 0 Å². The van der Waals surface area contributed by atoms with Crippen molar-refractivity contribution < 1.29 is 14.6 Å². The first kappa shape index (κ1) is 19.5. The molecule has 2 aromatic carbocycles. The van der Waals surface area contributed by atoms with Crippen LogP contribution in [-0.4, -0.2) is 56.2 Å². The number of aromatic nitrogens is 3. The van der Waals surface area contributed by atoms with E-state index in [4.69, 9.17) is 4.74 Å². The molecule has 1 fully saturated rings. The molecule has 5 rings (SSSR count). The average Bonchev–Trinajstić information content (AvgIpc) is 3.22. The molecule has 7 nitrogen and oxygen atoms in total. The van der Waals surface area contributed by atoms with Crippen molar-refractivity contribution in [2.24, 2.45) is 0 Å². The van der Waals surface area contributed by atoms with Crippen LogP contribution in [0.25, 0.3) is 21.8 Å². The number of likely N-dealkylation sites (tertiary alicyclic amines) is 1. The van der Waals surface area contributed by atoms with Crippen molar-refractivity contribution in [2.45, 2.75) is 31.5 Å². The number of benzene rings is 2. The predicted octanol–water partition coefficient (Wildman–Crippen LogP) is 3.08. The Bertz CT molecular complexity index is 1180. The lowest BCUT2D eigenvalue weighted by atomic mass is 10.0. The third kappa shape index (κ3) is 4.09. The highest BCUT2D eigenvalue weighted by Crippen LogP contribution is 2.28. The average molecular weight is 416 g/mol. The number of carbonyl (C=O) groups excluding carboxylic acids is 1. The molecule has 1 aliphatic heterocycles. The molecule has 2 N–H and O–H groups in total. The molecule has 158 valence electrons. The molecular weight excluding hydrogens is 392 g/mol. The molecule has 1 saturated heterocycles. The molecule has 0 bridgehead atoms. The van der Waals surface area contributed by atoms with Crippen molar-refractivity contribution in [3.05, 3.63) is 66.7 Å². The summed E-state index contributed by atoms with van der Waals surface area (Å²) in [7, 11) is 0. The van der Waals surface area contributed by atoms with Crippen LogP contribution in [0.2, 0.25) is 0 Å². The number of nitrogens with zero attached hydrogens (tertiary/aromatic N) is 3. The number of piperidine rings is 1. The lowest BCUT2D eigenvalue weighted by Gasteiger charge is -2.36. The minimum atomic E-state index is -0.735. The summed E-state index contributed by atoms with van der Waals surface area (Å²) in [6.45, 7) is 0.836. The van der Waals surface area contributed by atoms with Crippen molar-refractivity contribution in [2.75, 3.05) is 13.1 Å². The number of amides is 1. The Balaban J connectivity index is 1.18. The summed E-state index contributed by atoms with van der Waals surface area (Å²) in [6, 6.07) is 15.5. The number of nitrogens with one attached hydrogen (secondary N) is 1. The summed E-state index contributed by atoms with van der Waals surface area (Å²) in [5.74, 6) is 1.56. The zero-order chi connectivity index (χ0) is 21.2. The first-order valence-electron chi connectivity index (χ1n) is 10.6. The number of aliphatic hydroxyl groups is 1. The summed E-state index contributed by atoms with van der Waals surface area (Å²) in [5, 5.41) is 12.6. The van der Waals surface area contributed by atoms with Gasteiger partial charge in [-0.05, 0) is 24.3 Å². The summed E-state index contributed by atoms with van der Waals surface area (Å²) in [5.41, 5.74) is 1.88. The summed E-state index contributed by atoms with van der Waals surface area (Å²) >= 11 is 0. The number of hydrogen-bond acceptors (Lipinski definition) is 5. The molecular formula is C24H24N4O3. The smallest absolute Gasteiger partial charge is 0.223 e. The van der Waals surface area contributed by atoms with Gasteiger partial charge in [-0.3, -0.25) is 9.78 Å². The van der Waals surface area contributed by atoms with E-state index in [0.717, 1.165) is 33.4 Å². The summed E-state index contributed by atoms with van der Waals surface area (Å²) < 4.78 is 6.14. The van der Waals surface area contributed by atoms with Crippen molar-refractivity contribution >= 4 is 27.7 Å². The van der Waals surface area contributed by atoms with Crippen LogP contribution >= 0.6 is 0 Å². The molecule has 4 aromatic rings. The molecule has 1 amide bonds. The Kier molecular flexibility index (Phi) is 5.26. The van der Waals surface area contributed by atoms with Gasteiger partial charge in [0.2, 0.25) is 5.91 Å². The van der Waals surface area contributed by atoms with Crippen molar-refractivity contribution in [1.82, 2.24) is 19.9 Å². The molecule has 0 saturated carbocycles. The number of para-hydroxylation sites is 2. The van der Waals surface area contributed by atoms with Gasteiger partial charge in [0.05, 0.1) is 17.6 Å². The molecule has 0 unspecified atom stereocenters. The van der Waals surface area contributed by atoms with Crippen LogP contribution < -0.4 is 4.74 Å². The van der Waals surface area contributed by atoms with Gasteiger partial charge in [0.15, 0.2) is 0 Å². The maximum Gasteiger partial charge on any atom is 0.223 e. The maximum atomic E-state index is 12.7. The second-order valence-electron chi connectivity index (χ2n) is 7.91. The monoisotopic (exact) mass is 416 g/mol. The number of hydrogen-bond donors (Lipinski definition) is 2. The first-order valence-corrected chi connectivity index (χ1v) is 10.6. The van der Waals surface area contributed by atoms with Crippen LogP contribution in [0.3, 0.4) is 0 Å². The van der Waals surface area contributed by atoms with Gasteiger partial charge in [-0.25, -0.2) is 4.98 Å². The number of aliphatic hydroxyl groups excluding tert-OH is 1. The van der Waals surface area contributed by atoms with Gasteiger partial charge in [-0.1, -0.05) is 24.3 Å². The number of β-amino-alcohol motifs (C(OH)–C–C–N with tert-alkyl or cyclic N) is 1. The molecule has 31 heavy (non-hydrogen) atoms. The highest BCUT2D eigenvalue weighted by molar-refractivity contribution is 5.87. The van der Waals surface area contributed by atoms with Gasteiger partial charge in [-0.2, -0.15) is 0 Å². The van der Waals surface area contributed by atoms with Crippen molar-refractivity contribution in [3.8, 4) is 5.75 Å². The normalized spacial score (nSPS) is 19.1. The van der Waals surface area contributed by atoms with E-state index in [0.29, 0.717) is 25.8 Å². The summed E-state index contributed by atoms with van der Waals surface area (Å²) in [4.78, 5) is 26.3. The number of aromatic amines is 1. The van der Waals surface area contributed by atoms with E-state index in [2.05, 4.69) is 15.0 Å². The van der Waals surface area contributed by atoms with Crippen molar-refractivity contribution in [1.29, 1.82) is 0 Å². The van der Waals surface area contributed by atoms with Crippen LogP contribution in [0.15, 0.2) is 60.9 Å². The van der Waals surface area contributed by atoms with Crippen molar-refractivity contribution in [3.63, 3.8) is 0 Å². The number of ether oxygens (including phenoxy) is 1. The van der Waals surface area contributed by atoms with E-state index in [9.17, 15) is 9.90 Å². The lowest BCUT2D eigenvalue weighted by molar-refractivity contribution is -0.137. The standard InChI is InChI=1S/C24H24N4O3/c29-20-15-28(24(30)9-8-23-26-18-5-1-2-6-19(18)27-23)13-11-22(20)31-21-7-3-4-16-14-25-12-10-17(16)21/h1-7,10,12,14,20,22,29H,8-9,11,13,15H2,(H,26,27)/t20-,22-/m1/s1. The quantitative estimate of drug-likeness (QED) is 0.522. The number of carbonyl (C=O) groups is 1. The third-order valence-corrected chi connectivity index (χ3v) is 5.81. The SMILES string of the molecule is O=C(CCc1nc2ccccc2[nH]1)N1CC[C@@H](Oc2cccc3cnccc23)[C@H](O)C1. The minimum absolute atomic E-state index is 0.0224. The molecule has 0 spiro atoms. The number of H-pyrrole nitrogens is 1. The summed E-state index contributed by atoms with van der Waals surface area (Å²) in [6.07, 6.45) is 3.92. The first-order chi connectivity index (χ1) is 15.2. The molecule has 1 aliphatic rings. The van der Waals surface area contributed by atoms with Gasteiger partial charge < -0.3 is 19.7 Å². The van der Waals surface area contributed by atoms with Crippen LogP contribution in [-0.2, 0) is 11.2 Å². The number of pyridine rings is 1. The Hall–Kier alpha value is -3.45. The van der Waals surface area contributed by atoms with Crippen LogP contribution in [0.1, 0.15) is 18.7 Å². The number of rotatable bonds is 5. The van der Waals surface area contributed by atoms with E-state index in [1.54, 1.807) is 17.3 Å². The van der Waals surface area contributed by atoms with Gasteiger partial charge in [0, 0.05) is 49.0 Å². The largest absolute Gasteiger partial charge is 0.487 e.